The number of hydrogen-bond donors (Lipinski definition) is 1. The minimum Gasteiger partial charge on any atom is -0.497 e. The van der Waals surface area contributed by atoms with E-state index in [9.17, 15) is 14.4 Å². The van der Waals surface area contributed by atoms with Gasteiger partial charge in [-0.25, -0.2) is 0 Å². The van der Waals surface area contributed by atoms with E-state index in [-0.39, 0.29) is 30.2 Å². The predicted octanol–water partition coefficient (Wildman–Crippen LogP) is 5.31. The van der Waals surface area contributed by atoms with E-state index in [4.69, 9.17) is 4.74 Å². The summed E-state index contributed by atoms with van der Waals surface area (Å²) in [5, 5.41) is 5.05. The van der Waals surface area contributed by atoms with Crippen molar-refractivity contribution in [3.05, 3.63) is 71.8 Å². The fourth-order valence-corrected chi connectivity index (χ4v) is 5.06. The van der Waals surface area contributed by atoms with E-state index in [0.717, 1.165) is 28.4 Å². The number of carbonyl (C=O) groups excluding carboxylic acids is 3. The highest BCUT2D eigenvalue weighted by Gasteiger charge is 2.31. The average Bonchev–Trinajstić information content (AvgIpc) is 3.21. The fourth-order valence-electron chi connectivity index (χ4n) is 5.06. The Labute approximate surface area is 224 Å². The van der Waals surface area contributed by atoms with Crippen molar-refractivity contribution < 1.29 is 19.1 Å². The number of carbonyl (C=O) groups is 3. The number of methoxy groups -OCH3 is 1. The second kappa shape index (κ2) is 12.1. The Morgan fingerprint density at radius 2 is 1.76 bits per heavy atom. The van der Waals surface area contributed by atoms with Gasteiger partial charge in [0.2, 0.25) is 11.8 Å². The van der Waals surface area contributed by atoms with Gasteiger partial charge in [0.25, 0.3) is 5.91 Å². The molecule has 0 spiro atoms. The molecule has 7 heteroatoms. The van der Waals surface area contributed by atoms with Gasteiger partial charge in [-0.2, -0.15) is 0 Å². The lowest BCUT2D eigenvalue weighted by molar-refractivity contribution is -0.141. The van der Waals surface area contributed by atoms with Crippen LogP contribution in [-0.4, -0.2) is 48.4 Å². The van der Waals surface area contributed by atoms with Crippen LogP contribution in [0.4, 0.5) is 5.69 Å². The molecule has 3 aromatic carbocycles. The summed E-state index contributed by atoms with van der Waals surface area (Å²) >= 11 is 0. The summed E-state index contributed by atoms with van der Waals surface area (Å²) in [5.41, 5.74) is 2.49. The van der Waals surface area contributed by atoms with Crippen LogP contribution in [0, 0.1) is 0 Å². The summed E-state index contributed by atoms with van der Waals surface area (Å²) in [6.45, 7) is 6.64. The first-order valence-corrected chi connectivity index (χ1v) is 13.4. The van der Waals surface area contributed by atoms with Crippen LogP contribution in [0.1, 0.15) is 62.4 Å². The predicted molar refractivity (Wildman–Crippen MR) is 150 cm³/mol. The molecule has 0 radical (unpaired) electrons. The van der Waals surface area contributed by atoms with Crippen molar-refractivity contribution in [1.82, 2.24) is 10.2 Å². The summed E-state index contributed by atoms with van der Waals surface area (Å²) in [7, 11) is 1.61. The molecule has 0 fully saturated rings. The van der Waals surface area contributed by atoms with Crippen molar-refractivity contribution in [2.24, 2.45) is 0 Å². The van der Waals surface area contributed by atoms with Crippen LogP contribution in [0.25, 0.3) is 10.8 Å². The zero-order valence-electron chi connectivity index (χ0n) is 22.7. The molecular formula is C31H37N3O4. The van der Waals surface area contributed by atoms with Gasteiger partial charge in [-0.05, 0) is 61.4 Å². The minimum atomic E-state index is -0.589. The molecule has 200 valence electrons. The molecule has 4 rings (SSSR count). The normalized spacial score (nSPS) is 13.9. The van der Waals surface area contributed by atoms with Gasteiger partial charge in [-0.3, -0.25) is 14.4 Å². The third-order valence-corrected chi connectivity index (χ3v) is 7.30. The average molecular weight is 516 g/mol. The van der Waals surface area contributed by atoms with Gasteiger partial charge in [-0.15, -0.1) is 0 Å². The minimum absolute atomic E-state index is 0.0239. The molecule has 0 aliphatic carbocycles. The number of hydrogen-bond acceptors (Lipinski definition) is 4. The van der Waals surface area contributed by atoms with Crippen LogP contribution in [0.2, 0.25) is 0 Å². The first kappa shape index (κ1) is 27.2. The van der Waals surface area contributed by atoms with Gasteiger partial charge in [0.1, 0.15) is 11.8 Å². The maximum Gasteiger partial charge on any atom is 0.258 e. The van der Waals surface area contributed by atoms with Gasteiger partial charge < -0.3 is 19.9 Å². The zero-order chi connectivity index (χ0) is 27.2. The molecule has 1 aliphatic heterocycles. The number of amides is 3. The topological polar surface area (TPSA) is 79.0 Å². The Morgan fingerprint density at radius 3 is 2.47 bits per heavy atom. The Morgan fingerprint density at radius 1 is 1.03 bits per heavy atom. The number of ether oxygens (including phenoxy) is 1. The van der Waals surface area contributed by atoms with Crippen molar-refractivity contribution in [3.8, 4) is 5.75 Å². The van der Waals surface area contributed by atoms with Crippen LogP contribution in [0.3, 0.4) is 0 Å². The maximum absolute atomic E-state index is 13.6. The first-order valence-electron chi connectivity index (χ1n) is 13.4. The van der Waals surface area contributed by atoms with Crippen LogP contribution in [0.15, 0.2) is 60.7 Å². The molecule has 7 nitrogen and oxygen atoms in total. The molecule has 1 heterocycles. The Hall–Kier alpha value is -3.87. The summed E-state index contributed by atoms with van der Waals surface area (Å²) in [5.74, 6) is 0.418. The third kappa shape index (κ3) is 5.67. The number of nitrogens with zero attached hydrogens (tertiary/aromatic N) is 2. The molecule has 0 saturated carbocycles. The van der Waals surface area contributed by atoms with Gasteiger partial charge in [0.05, 0.1) is 12.8 Å². The van der Waals surface area contributed by atoms with Crippen LogP contribution < -0.4 is 15.0 Å². The maximum atomic E-state index is 13.6. The van der Waals surface area contributed by atoms with E-state index in [0.29, 0.717) is 37.2 Å². The molecule has 3 aromatic rings. The number of benzene rings is 3. The number of rotatable bonds is 12. The van der Waals surface area contributed by atoms with Gasteiger partial charge >= 0.3 is 0 Å². The molecule has 2 unspecified atom stereocenters. The lowest BCUT2D eigenvalue weighted by Crippen LogP contribution is -2.50. The van der Waals surface area contributed by atoms with E-state index in [2.05, 4.69) is 5.32 Å². The van der Waals surface area contributed by atoms with Gasteiger partial charge in [-0.1, -0.05) is 50.2 Å². The van der Waals surface area contributed by atoms with E-state index < -0.39 is 6.04 Å². The van der Waals surface area contributed by atoms with E-state index in [1.807, 2.05) is 81.4 Å². The van der Waals surface area contributed by atoms with E-state index in [1.54, 1.807) is 16.9 Å². The second-order valence-electron chi connectivity index (χ2n) is 9.86. The monoisotopic (exact) mass is 515 g/mol. The Kier molecular flexibility index (Phi) is 8.66. The number of anilines is 1. The number of nitrogens with one attached hydrogen (secondary N) is 1. The molecule has 1 aliphatic rings. The second-order valence-corrected chi connectivity index (χ2v) is 9.86. The van der Waals surface area contributed by atoms with Crippen LogP contribution in [-0.2, 0) is 16.1 Å². The summed E-state index contributed by atoms with van der Waals surface area (Å²) in [6, 6.07) is 18.7. The third-order valence-electron chi connectivity index (χ3n) is 7.30. The van der Waals surface area contributed by atoms with Crippen molar-refractivity contribution >= 4 is 34.2 Å². The summed E-state index contributed by atoms with van der Waals surface area (Å²) in [6.07, 6.45) is 2.03. The first-order chi connectivity index (χ1) is 18.4. The van der Waals surface area contributed by atoms with Gasteiger partial charge in [0, 0.05) is 36.5 Å². The highest BCUT2D eigenvalue weighted by Crippen LogP contribution is 2.37. The Bertz CT molecular complexity index is 1320. The standard InChI is InChI=1S/C31H37N3O4/c1-5-21(3)32-30(36)26(6-2)34(20-22-11-7-14-24(19-22)38-4)28(35)17-10-18-33-27-16-9-13-23-12-8-15-25(29(23)27)31(33)37/h7-9,11-16,19,21,26H,5-6,10,17-18,20H2,1-4H3,(H,32,36). The molecule has 3 amide bonds. The molecular weight excluding hydrogens is 478 g/mol. The van der Waals surface area contributed by atoms with E-state index in [1.165, 1.54) is 0 Å². The highest BCUT2D eigenvalue weighted by molar-refractivity contribution is 6.25. The smallest absolute Gasteiger partial charge is 0.258 e. The lowest BCUT2D eigenvalue weighted by atomic mass is 10.1. The van der Waals surface area contributed by atoms with Gasteiger partial charge in [0.15, 0.2) is 0 Å². The molecule has 0 saturated heterocycles. The SMILES string of the molecule is CCC(C)NC(=O)C(CC)N(Cc1cccc(OC)c1)C(=O)CCCN1C(=O)c2cccc3cccc1c23. The van der Waals surface area contributed by atoms with Crippen molar-refractivity contribution in [2.75, 3.05) is 18.6 Å². The van der Waals surface area contributed by atoms with Crippen LogP contribution >= 0.6 is 0 Å². The summed E-state index contributed by atoms with van der Waals surface area (Å²) in [4.78, 5) is 43.4. The zero-order valence-corrected chi connectivity index (χ0v) is 22.7. The fraction of sp³-hybridized carbons (Fsp3) is 0.387. The molecule has 2 atom stereocenters. The molecule has 0 aromatic heterocycles. The van der Waals surface area contributed by atoms with Crippen molar-refractivity contribution in [1.29, 1.82) is 0 Å². The largest absolute Gasteiger partial charge is 0.497 e. The molecule has 38 heavy (non-hydrogen) atoms. The van der Waals surface area contributed by atoms with Crippen molar-refractivity contribution in [2.45, 2.75) is 65.1 Å². The van der Waals surface area contributed by atoms with Crippen molar-refractivity contribution in [3.63, 3.8) is 0 Å². The Balaban J connectivity index is 1.50. The highest BCUT2D eigenvalue weighted by atomic mass is 16.5. The quantitative estimate of drug-likeness (QED) is 0.355. The molecule has 1 N–H and O–H groups in total. The van der Waals surface area contributed by atoms with E-state index >= 15 is 0 Å². The summed E-state index contributed by atoms with van der Waals surface area (Å²) < 4.78 is 5.36. The van der Waals surface area contributed by atoms with Crippen LogP contribution in [0.5, 0.6) is 5.75 Å². The molecule has 0 bridgehead atoms. The lowest BCUT2D eigenvalue weighted by Gasteiger charge is -2.32.